The molecule has 1 aliphatic rings. The van der Waals surface area contributed by atoms with Gasteiger partial charge in [0.2, 0.25) is 5.91 Å². The minimum atomic E-state index is -0.316. The standard InChI is InChI=1S/C22H22FN5O/c1-3-28-19-7-5-4-6-17(19)27-21(28)14-11-15(14)22(29)24-12(2)20-25-16-9-8-13(23)10-18(16)26-20/h4-10,12,14-15H,3,11H2,1-2H3,(H,24,29)(H,25,26)/t12-,14+,15+/m1/s1. The number of carbonyl (C=O) groups is 1. The van der Waals surface area contributed by atoms with E-state index in [0.29, 0.717) is 16.9 Å². The fraction of sp³-hybridized carbons (Fsp3) is 0.318. The lowest BCUT2D eigenvalue weighted by Gasteiger charge is -2.11. The van der Waals surface area contributed by atoms with Crippen LogP contribution in [0.2, 0.25) is 0 Å². The molecule has 1 fully saturated rings. The Balaban J connectivity index is 1.32. The molecule has 29 heavy (non-hydrogen) atoms. The second-order valence-corrected chi connectivity index (χ2v) is 7.67. The highest BCUT2D eigenvalue weighted by Gasteiger charge is 2.47. The molecule has 0 radical (unpaired) electrons. The molecular formula is C22H22FN5O. The molecule has 4 aromatic rings. The van der Waals surface area contributed by atoms with Crippen LogP contribution in [-0.4, -0.2) is 25.4 Å². The maximum absolute atomic E-state index is 13.4. The number of para-hydroxylation sites is 2. The molecule has 5 rings (SSSR count). The summed E-state index contributed by atoms with van der Waals surface area (Å²) in [5, 5.41) is 3.04. The first-order valence-corrected chi connectivity index (χ1v) is 9.96. The Morgan fingerprint density at radius 3 is 2.93 bits per heavy atom. The number of hydrogen-bond donors (Lipinski definition) is 2. The van der Waals surface area contributed by atoms with Crippen LogP contribution in [0.3, 0.4) is 0 Å². The SMILES string of the molecule is CCn1c([C@H]2C[C@@H]2C(=O)N[C@H](C)c2nc3ccc(F)cc3[nH]2)nc2ccccc21. The first-order chi connectivity index (χ1) is 14.0. The number of rotatable bonds is 5. The molecule has 2 N–H and O–H groups in total. The van der Waals surface area contributed by atoms with Gasteiger partial charge in [-0.15, -0.1) is 0 Å². The van der Waals surface area contributed by atoms with Crippen molar-refractivity contribution in [3.8, 4) is 0 Å². The summed E-state index contributed by atoms with van der Waals surface area (Å²) in [7, 11) is 0. The van der Waals surface area contributed by atoms with Crippen LogP contribution in [-0.2, 0) is 11.3 Å². The fourth-order valence-corrected chi connectivity index (χ4v) is 4.08. The molecule has 0 bridgehead atoms. The van der Waals surface area contributed by atoms with Crippen LogP contribution in [0.15, 0.2) is 42.5 Å². The Bertz CT molecular complexity index is 1230. The summed E-state index contributed by atoms with van der Waals surface area (Å²) < 4.78 is 15.6. The van der Waals surface area contributed by atoms with Gasteiger partial charge in [-0.1, -0.05) is 12.1 Å². The Morgan fingerprint density at radius 2 is 2.10 bits per heavy atom. The summed E-state index contributed by atoms with van der Waals surface area (Å²) in [5.74, 6) is 1.35. The lowest BCUT2D eigenvalue weighted by atomic mass is 10.2. The predicted octanol–water partition coefficient (Wildman–Crippen LogP) is 4.05. The van der Waals surface area contributed by atoms with Gasteiger partial charge < -0.3 is 14.9 Å². The topological polar surface area (TPSA) is 75.6 Å². The number of aromatic nitrogens is 4. The highest BCUT2D eigenvalue weighted by molar-refractivity contribution is 5.84. The van der Waals surface area contributed by atoms with Crippen molar-refractivity contribution in [1.82, 2.24) is 24.8 Å². The van der Waals surface area contributed by atoms with Gasteiger partial charge in [0.15, 0.2) is 0 Å². The van der Waals surface area contributed by atoms with Crippen LogP contribution < -0.4 is 5.32 Å². The van der Waals surface area contributed by atoms with Crippen LogP contribution in [0.4, 0.5) is 4.39 Å². The first kappa shape index (κ1) is 17.8. The molecule has 0 unspecified atom stereocenters. The molecule has 1 amide bonds. The molecule has 3 atom stereocenters. The number of aryl methyl sites for hydroxylation is 1. The zero-order chi connectivity index (χ0) is 20.1. The van der Waals surface area contributed by atoms with Crippen molar-refractivity contribution in [3.63, 3.8) is 0 Å². The maximum atomic E-state index is 13.4. The number of aromatic amines is 1. The zero-order valence-corrected chi connectivity index (χ0v) is 16.3. The normalized spacial score (nSPS) is 19.6. The lowest BCUT2D eigenvalue weighted by molar-refractivity contribution is -0.123. The maximum Gasteiger partial charge on any atom is 0.224 e. The molecule has 1 saturated carbocycles. The lowest BCUT2D eigenvalue weighted by Crippen LogP contribution is -2.29. The first-order valence-electron chi connectivity index (χ1n) is 9.96. The van der Waals surface area contributed by atoms with E-state index in [1.165, 1.54) is 12.1 Å². The third kappa shape index (κ3) is 3.06. The van der Waals surface area contributed by atoms with E-state index in [0.717, 1.165) is 29.8 Å². The summed E-state index contributed by atoms with van der Waals surface area (Å²) in [5.41, 5.74) is 3.39. The Kier molecular flexibility index (Phi) is 4.12. The largest absolute Gasteiger partial charge is 0.346 e. The van der Waals surface area contributed by atoms with E-state index in [-0.39, 0.29) is 29.6 Å². The summed E-state index contributed by atoms with van der Waals surface area (Å²) >= 11 is 0. The van der Waals surface area contributed by atoms with Gasteiger partial charge in [0.1, 0.15) is 17.5 Å². The second-order valence-electron chi connectivity index (χ2n) is 7.67. The van der Waals surface area contributed by atoms with E-state index < -0.39 is 0 Å². The van der Waals surface area contributed by atoms with Gasteiger partial charge in [-0.25, -0.2) is 14.4 Å². The van der Waals surface area contributed by atoms with Gasteiger partial charge in [0, 0.05) is 18.4 Å². The van der Waals surface area contributed by atoms with Crippen LogP contribution in [0.25, 0.3) is 22.1 Å². The van der Waals surface area contributed by atoms with E-state index in [4.69, 9.17) is 4.98 Å². The van der Waals surface area contributed by atoms with E-state index in [2.05, 4.69) is 32.8 Å². The number of halogens is 1. The summed E-state index contributed by atoms with van der Waals surface area (Å²) in [6, 6.07) is 12.2. The number of nitrogens with one attached hydrogen (secondary N) is 2. The number of benzene rings is 2. The van der Waals surface area contributed by atoms with Gasteiger partial charge in [0.05, 0.1) is 28.1 Å². The molecular weight excluding hydrogens is 369 g/mol. The van der Waals surface area contributed by atoms with Crippen molar-refractivity contribution in [3.05, 3.63) is 59.9 Å². The van der Waals surface area contributed by atoms with Crippen LogP contribution in [0.1, 0.15) is 43.9 Å². The summed E-state index contributed by atoms with van der Waals surface area (Å²) in [4.78, 5) is 25.2. The number of H-pyrrole nitrogens is 1. The van der Waals surface area contributed by atoms with Crippen LogP contribution in [0, 0.1) is 11.7 Å². The van der Waals surface area contributed by atoms with Gasteiger partial charge in [-0.3, -0.25) is 4.79 Å². The average Bonchev–Trinajstić information content (AvgIpc) is 3.25. The predicted molar refractivity (Wildman–Crippen MR) is 109 cm³/mol. The van der Waals surface area contributed by atoms with Gasteiger partial charge in [-0.2, -0.15) is 0 Å². The van der Waals surface area contributed by atoms with Gasteiger partial charge in [0.25, 0.3) is 0 Å². The minimum Gasteiger partial charge on any atom is -0.346 e. The van der Waals surface area contributed by atoms with Crippen molar-refractivity contribution >= 4 is 28.0 Å². The van der Waals surface area contributed by atoms with Crippen molar-refractivity contribution in [2.24, 2.45) is 5.92 Å². The van der Waals surface area contributed by atoms with Crippen molar-refractivity contribution < 1.29 is 9.18 Å². The number of hydrogen-bond acceptors (Lipinski definition) is 3. The molecule has 148 valence electrons. The Hall–Kier alpha value is -3.22. The fourth-order valence-electron chi connectivity index (χ4n) is 4.08. The molecule has 2 heterocycles. The Labute approximate surface area is 167 Å². The minimum absolute atomic E-state index is 0.00356. The smallest absolute Gasteiger partial charge is 0.224 e. The van der Waals surface area contributed by atoms with Gasteiger partial charge in [-0.05, 0) is 50.6 Å². The summed E-state index contributed by atoms with van der Waals surface area (Å²) in [6.45, 7) is 4.80. The number of nitrogens with zero attached hydrogens (tertiary/aromatic N) is 3. The highest BCUT2D eigenvalue weighted by atomic mass is 19.1. The molecule has 2 aromatic heterocycles. The van der Waals surface area contributed by atoms with E-state index in [1.54, 1.807) is 6.07 Å². The van der Waals surface area contributed by atoms with E-state index >= 15 is 0 Å². The molecule has 0 aliphatic heterocycles. The number of fused-ring (bicyclic) bond motifs is 2. The molecule has 7 heteroatoms. The zero-order valence-electron chi connectivity index (χ0n) is 16.3. The Morgan fingerprint density at radius 1 is 1.28 bits per heavy atom. The van der Waals surface area contributed by atoms with E-state index in [9.17, 15) is 9.18 Å². The third-order valence-corrected chi connectivity index (χ3v) is 5.69. The van der Waals surface area contributed by atoms with Crippen LogP contribution in [0.5, 0.6) is 0 Å². The highest BCUT2D eigenvalue weighted by Crippen LogP contribution is 2.48. The van der Waals surface area contributed by atoms with E-state index in [1.807, 2.05) is 25.1 Å². The quantitative estimate of drug-likeness (QED) is 0.539. The molecule has 6 nitrogen and oxygen atoms in total. The monoisotopic (exact) mass is 391 g/mol. The third-order valence-electron chi connectivity index (χ3n) is 5.69. The molecule has 2 aromatic carbocycles. The van der Waals surface area contributed by atoms with Gasteiger partial charge >= 0.3 is 0 Å². The molecule has 0 spiro atoms. The van der Waals surface area contributed by atoms with Crippen LogP contribution >= 0.6 is 0 Å². The molecule has 1 aliphatic carbocycles. The second kappa shape index (κ2) is 6.69. The van der Waals surface area contributed by atoms with Crippen molar-refractivity contribution in [2.75, 3.05) is 0 Å². The molecule has 0 saturated heterocycles. The number of carbonyl (C=O) groups excluding carboxylic acids is 1. The average molecular weight is 391 g/mol. The number of amides is 1. The number of imidazole rings is 2. The van der Waals surface area contributed by atoms with Crippen molar-refractivity contribution in [2.45, 2.75) is 38.8 Å². The summed E-state index contributed by atoms with van der Waals surface area (Å²) in [6.07, 6.45) is 0.799. The van der Waals surface area contributed by atoms with Crippen molar-refractivity contribution in [1.29, 1.82) is 0 Å².